The molecular formula is C20H20N6S2. The van der Waals surface area contributed by atoms with Crippen molar-refractivity contribution in [1.82, 2.24) is 24.9 Å². The highest BCUT2D eigenvalue weighted by Gasteiger charge is 2.22. The van der Waals surface area contributed by atoms with E-state index in [0.29, 0.717) is 18.1 Å². The van der Waals surface area contributed by atoms with Crippen LogP contribution in [-0.4, -0.2) is 24.9 Å². The SMILES string of the molecule is CCc1cnc(CNc2nc(-c3cnccn3)nc3sc4c(c23)CCCC4)s1. The van der Waals surface area contributed by atoms with E-state index in [-0.39, 0.29) is 0 Å². The van der Waals surface area contributed by atoms with Gasteiger partial charge in [-0.1, -0.05) is 6.92 Å². The predicted octanol–water partition coefficient (Wildman–Crippen LogP) is 4.66. The van der Waals surface area contributed by atoms with Gasteiger partial charge in [0.05, 0.1) is 18.1 Å². The van der Waals surface area contributed by atoms with E-state index in [4.69, 9.17) is 9.97 Å². The van der Waals surface area contributed by atoms with Crippen LogP contribution < -0.4 is 5.32 Å². The summed E-state index contributed by atoms with van der Waals surface area (Å²) in [6, 6.07) is 0. The number of thiazole rings is 1. The van der Waals surface area contributed by atoms with Crippen molar-refractivity contribution < 1.29 is 0 Å². The second-order valence-electron chi connectivity index (χ2n) is 6.80. The molecule has 1 aliphatic rings. The minimum atomic E-state index is 0.620. The molecule has 8 heteroatoms. The fraction of sp³-hybridized carbons (Fsp3) is 0.350. The molecule has 0 bridgehead atoms. The van der Waals surface area contributed by atoms with Crippen molar-refractivity contribution in [3.63, 3.8) is 0 Å². The molecule has 0 amide bonds. The highest BCUT2D eigenvalue weighted by atomic mass is 32.1. The first-order valence-electron chi connectivity index (χ1n) is 9.58. The minimum Gasteiger partial charge on any atom is -0.363 e. The molecule has 0 radical (unpaired) electrons. The maximum absolute atomic E-state index is 4.85. The van der Waals surface area contributed by atoms with E-state index >= 15 is 0 Å². The summed E-state index contributed by atoms with van der Waals surface area (Å²) in [5.41, 5.74) is 2.12. The fourth-order valence-electron chi connectivity index (χ4n) is 3.57. The van der Waals surface area contributed by atoms with E-state index in [2.05, 4.69) is 27.2 Å². The zero-order valence-electron chi connectivity index (χ0n) is 15.6. The van der Waals surface area contributed by atoms with Crippen LogP contribution in [-0.2, 0) is 25.8 Å². The molecule has 0 saturated heterocycles. The third-order valence-corrected chi connectivity index (χ3v) is 7.29. The molecular weight excluding hydrogens is 388 g/mol. The number of anilines is 1. The first-order valence-corrected chi connectivity index (χ1v) is 11.2. The van der Waals surface area contributed by atoms with E-state index in [1.807, 2.05) is 6.20 Å². The highest BCUT2D eigenvalue weighted by molar-refractivity contribution is 7.19. The lowest BCUT2D eigenvalue weighted by Gasteiger charge is -2.13. The maximum Gasteiger partial charge on any atom is 0.183 e. The summed E-state index contributed by atoms with van der Waals surface area (Å²) in [7, 11) is 0. The number of thiophene rings is 1. The maximum atomic E-state index is 4.85. The minimum absolute atomic E-state index is 0.620. The normalized spacial score (nSPS) is 13.6. The second kappa shape index (κ2) is 7.52. The van der Waals surface area contributed by atoms with Crippen LogP contribution >= 0.6 is 22.7 Å². The Labute approximate surface area is 171 Å². The van der Waals surface area contributed by atoms with Crippen molar-refractivity contribution in [2.45, 2.75) is 45.6 Å². The lowest BCUT2D eigenvalue weighted by atomic mass is 9.97. The molecule has 0 atom stereocenters. The molecule has 1 N–H and O–H groups in total. The molecule has 142 valence electrons. The molecule has 0 spiro atoms. The molecule has 1 aliphatic carbocycles. The summed E-state index contributed by atoms with van der Waals surface area (Å²) >= 11 is 3.55. The molecule has 0 unspecified atom stereocenters. The van der Waals surface area contributed by atoms with Crippen LogP contribution in [0.25, 0.3) is 21.7 Å². The molecule has 4 aromatic heterocycles. The van der Waals surface area contributed by atoms with Crippen molar-refractivity contribution in [3.8, 4) is 11.5 Å². The van der Waals surface area contributed by atoms with Gasteiger partial charge in [0.1, 0.15) is 21.3 Å². The van der Waals surface area contributed by atoms with E-state index in [9.17, 15) is 0 Å². The van der Waals surface area contributed by atoms with Crippen LogP contribution in [0.2, 0.25) is 0 Å². The average molecular weight is 409 g/mol. The first-order chi connectivity index (χ1) is 13.8. The van der Waals surface area contributed by atoms with Gasteiger partial charge in [-0.2, -0.15) is 0 Å². The van der Waals surface area contributed by atoms with Gasteiger partial charge in [0.15, 0.2) is 5.82 Å². The lowest BCUT2D eigenvalue weighted by molar-refractivity contribution is 0.700. The monoisotopic (exact) mass is 408 g/mol. The summed E-state index contributed by atoms with van der Waals surface area (Å²) in [4.78, 5) is 26.6. The number of rotatable bonds is 5. The van der Waals surface area contributed by atoms with Gasteiger partial charge in [0, 0.05) is 28.3 Å². The van der Waals surface area contributed by atoms with Crippen LogP contribution in [0.4, 0.5) is 5.82 Å². The molecule has 5 rings (SSSR count). The first kappa shape index (κ1) is 17.6. The number of hydrogen-bond donors (Lipinski definition) is 1. The Bertz CT molecular complexity index is 1120. The number of nitrogens with zero attached hydrogens (tertiary/aromatic N) is 5. The summed E-state index contributed by atoms with van der Waals surface area (Å²) in [5.74, 6) is 1.51. The van der Waals surface area contributed by atoms with Crippen molar-refractivity contribution in [1.29, 1.82) is 0 Å². The second-order valence-corrected chi connectivity index (χ2v) is 9.09. The number of aryl methyl sites for hydroxylation is 3. The molecule has 28 heavy (non-hydrogen) atoms. The van der Waals surface area contributed by atoms with Crippen LogP contribution in [0.5, 0.6) is 0 Å². The number of fused-ring (bicyclic) bond motifs is 3. The van der Waals surface area contributed by atoms with Gasteiger partial charge in [-0.15, -0.1) is 22.7 Å². The zero-order chi connectivity index (χ0) is 18.9. The summed E-state index contributed by atoms with van der Waals surface area (Å²) < 4.78 is 0. The van der Waals surface area contributed by atoms with E-state index in [1.165, 1.54) is 33.5 Å². The van der Waals surface area contributed by atoms with Crippen LogP contribution in [0.1, 0.15) is 40.1 Å². The number of hydrogen-bond acceptors (Lipinski definition) is 8. The van der Waals surface area contributed by atoms with E-state index in [1.54, 1.807) is 41.3 Å². The van der Waals surface area contributed by atoms with E-state index in [0.717, 1.165) is 34.9 Å². The Morgan fingerprint density at radius 1 is 1.04 bits per heavy atom. The summed E-state index contributed by atoms with van der Waals surface area (Å²) in [6.07, 6.45) is 12.8. The Kier molecular flexibility index (Phi) is 4.74. The number of aromatic nitrogens is 5. The van der Waals surface area contributed by atoms with Gasteiger partial charge < -0.3 is 5.32 Å². The lowest BCUT2D eigenvalue weighted by Crippen LogP contribution is -2.06. The van der Waals surface area contributed by atoms with Crippen molar-refractivity contribution in [3.05, 3.63) is 45.1 Å². The topological polar surface area (TPSA) is 76.5 Å². The third kappa shape index (κ3) is 3.27. The highest BCUT2D eigenvalue weighted by Crippen LogP contribution is 2.39. The van der Waals surface area contributed by atoms with Crippen LogP contribution in [0.15, 0.2) is 24.8 Å². The number of nitrogens with one attached hydrogen (secondary N) is 1. The van der Waals surface area contributed by atoms with Crippen LogP contribution in [0.3, 0.4) is 0 Å². The predicted molar refractivity (Wildman–Crippen MR) is 114 cm³/mol. The molecule has 0 aromatic carbocycles. The average Bonchev–Trinajstić information content (AvgIpc) is 3.36. The Morgan fingerprint density at radius 3 is 2.79 bits per heavy atom. The molecule has 0 aliphatic heterocycles. The molecule has 4 heterocycles. The zero-order valence-corrected chi connectivity index (χ0v) is 17.2. The van der Waals surface area contributed by atoms with Gasteiger partial charge in [0.25, 0.3) is 0 Å². The van der Waals surface area contributed by atoms with Crippen molar-refractivity contribution in [2.75, 3.05) is 5.32 Å². The largest absolute Gasteiger partial charge is 0.363 e. The van der Waals surface area contributed by atoms with Gasteiger partial charge in [-0.05, 0) is 37.7 Å². The third-order valence-electron chi connectivity index (χ3n) is 4.96. The van der Waals surface area contributed by atoms with Crippen molar-refractivity contribution in [2.24, 2.45) is 0 Å². The smallest absolute Gasteiger partial charge is 0.183 e. The standard InChI is InChI=1S/C20H20N6S2/c1-2-12-9-23-16(27-12)11-24-19-17-13-5-3-4-6-15(13)28-20(17)26-18(25-19)14-10-21-7-8-22-14/h7-10H,2-6,11H2,1H3,(H,24,25,26). The molecule has 0 fully saturated rings. The van der Waals surface area contributed by atoms with Gasteiger partial charge in [-0.3, -0.25) is 4.98 Å². The Balaban J connectivity index is 1.58. The Morgan fingerprint density at radius 2 is 1.96 bits per heavy atom. The molecule has 0 saturated carbocycles. The van der Waals surface area contributed by atoms with Crippen molar-refractivity contribution >= 4 is 38.7 Å². The molecule has 6 nitrogen and oxygen atoms in total. The van der Waals surface area contributed by atoms with Gasteiger partial charge in [-0.25, -0.2) is 19.9 Å². The van der Waals surface area contributed by atoms with Crippen LogP contribution in [0, 0.1) is 0 Å². The van der Waals surface area contributed by atoms with E-state index < -0.39 is 0 Å². The van der Waals surface area contributed by atoms with Gasteiger partial charge in [0.2, 0.25) is 0 Å². The Hall–Kier alpha value is -2.45. The van der Waals surface area contributed by atoms with Gasteiger partial charge >= 0.3 is 0 Å². The quantitative estimate of drug-likeness (QED) is 0.518. The molecule has 4 aromatic rings. The fourth-order valence-corrected chi connectivity index (χ4v) is 5.63. The summed E-state index contributed by atoms with van der Waals surface area (Å²) in [5, 5.41) is 5.80. The summed E-state index contributed by atoms with van der Waals surface area (Å²) in [6.45, 7) is 2.82.